The van der Waals surface area contributed by atoms with Crippen LogP contribution in [0.4, 0.5) is 5.69 Å². The number of nitro benzene ring substituents is 1. The fourth-order valence-electron chi connectivity index (χ4n) is 1.67. The third kappa shape index (κ3) is 3.31. The third-order valence-corrected chi connectivity index (χ3v) is 3.22. The van der Waals surface area contributed by atoms with E-state index < -0.39 is 4.92 Å². The highest BCUT2D eigenvalue weighted by atomic mass is 79.9. The van der Waals surface area contributed by atoms with Gasteiger partial charge in [-0.05, 0) is 41.5 Å². The monoisotopic (exact) mass is 328 g/mol. The molecule has 0 aliphatic carbocycles. The van der Waals surface area contributed by atoms with Crippen LogP contribution in [0.3, 0.4) is 0 Å². The van der Waals surface area contributed by atoms with E-state index >= 15 is 0 Å². The second-order valence-corrected chi connectivity index (χ2v) is 4.94. The topological polar surface area (TPSA) is 66.9 Å². The fraction of sp³-hybridized carbons (Fsp3) is 0. The minimum atomic E-state index is -0.451. The maximum atomic E-state index is 10.6. The highest BCUT2D eigenvalue weighted by Crippen LogP contribution is 2.21. The van der Waals surface area contributed by atoms with Crippen LogP contribution in [-0.2, 0) is 0 Å². The van der Waals surface area contributed by atoms with Crippen LogP contribution in [0.5, 0.6) is 0 Å². The van der Waals surface area contributed by atoms with E-state index in [0.29, 0.717) is 5.57 Å². The molecule has 0 spiro atoms. The van der Waals surface area contributed by atoms with Crippen LogP contribution < -0.4 is 0 Å². The van der Waals surface area contributed by atoms with Crippen LogP contribution in [0.2, 0.25) is 0 Å². The number of halogens is 1. The lowest BCUT2D eigenvalue weighted by Crippen LogP contribution is -1.87. The van der Waals surface area contributed by atoms with Crippen molar-refractivity contribution in [2.45, 2.75) is 0 Å². The summed E-state index contributed by atoms with van der Waals surface area (Å²) in [5, 5.41) is 19.8. The second kappa shape index (κ2) is 6.13. The van der Waals surface area contributed by atoms with Gasteiger partial charge in [-0.25, -0.2) is 0 Å². The molecule has 5 heteroatoms. The zero-order chi connectivity index (χ0) is 14.5. The molecule has 0 radical (unpaired) electrons. The first kappa shape index (κ1) is 14.0. The van der Waals surface area contributed by atoms with Gasteiger partial charge in [0.2, 0.25) is 0 Å². The lowest BCUT2D eigenvalue weighted by Gasteiger charge is -2.00. The Morgan fingerprint density at radius 2 is 1.75 bits per heavy atom. The molecule has 0 amide bonds. The summed E-state index contributed by atoms with van der Waals surface area (Å²) in [4.78, 5) is 10.1. The molecule has 20 heavy (non-hydrogen) atoms. The Labute approximate surface area is 124 Å². The van der Waals surface area contributed by atoms with Gasteiger partial charge in [0.1, 0.15) is 0 Å². The van der Waals surface area contributed by atoms with Gasteiger partial charge in [-0.3, -0.25) is 10.1 Å². The molecule has 2 rings (SSSR count). The smallest absolute Gasteiger partial charge is 0.258 e. The number of hydrogen-bond donors (Lipinski definition) is 0. The number of nitriles is 1. The van der Waals surface area contributed by atoms with Crippen molar-refractivity contribution in [1.82, 2.24) is 0 Å². The summed E-state index contributed by atoms with van der Waals surface area (Å²) >= 11 is 3.34. The minimum Gasteiger partial charge on any atom is -0.258 e. The molecule has 0 saturated heterocycles. The predicted molar refractivity (Wildman–Crippen MR) is 80.7 cm³/mol. The number of benzene rings is 2. The number of nitrogens with zero attached hydrogens (tertiary/aromatic N) is 2. The SMILES string of the molecule is N#CC(=Cc1ccc([N+](=O)[O-])cc1)c1ccc(Br)cc1. The third-order valence-electron chi connectivity index (χ3n) is 2.69. The maximum absolute atomic E-state index is 10.6. The van der Waals surface area contributed by atoms with Gasteiger partial charge in [-0.2, -0.15) is 5.26 Å². The molecule has 0 heterocycles. The first-order valence-electron chi connectivity index (χ1n) is 5.72. The molecule has 0 fully saturated rings. The van der Waals surface area contributed by atoms with E-state index in [1.165, 1.54) is 12.1 Å². The van der Waals surface area contributed by atoms with Crippen molar-refractivity contribution in [2.75, 3.05) is 0 Å². The zero-order valence-electron chi connectivity index (χ0n) is 10.3. The average Bonchev–Trinajstić information content (AvgIpc) is 2.46. The van der Waals surface area contributed by atoms with Crippen molar-refractivity contribution in [1.29, 1.82) is 5.26 Å². The van der Waals surface area contributed by atoms with Crippen molar-refractivity contribution >= 4 is 33.3 Å². The molecular weight excluding hydrogens is 320 g/mol. The molecule has 0 saturated carbocycles. The molecule has 0 atom stereocenters. The highest BCUT2D eigenvalue weighted by molar-refractivity contribution is 9.10. The molecule has 0 unspecified atom stereocenters. The summed E-state index contributed by atoms with van der Waals surface area (Å²) in [5.41, 5.74) is 2.08. The van der Waals surface area contributed by atoms with Crippen LogP contribution in [0, 0.1) is 21.4 Å². The summed E-state index contributed by atoms with van der Waals surface area (Å²) in [6.45, 7) is 0. The number of allylic oxidation sites excluding steroid dienone is 1. The van der Waals surface area contributed by atoms with E-state index in [-0.39, 0.29) is 5.69 Å². The maximum Gasteiger partial charge on any atom is 0.269 e. The average molecular weight is 329 g/mol. The largest absolute Gasteiger partial charge is 0.269 e. The Morgan fingerprint density at radius 3 is 2.25 bits per heavy atom. The van der Waals surface area contributed by atoms with E-state index in [9.17, 15) is 15.4 Å². The van der Waals surface area contributed by atoms with Gasteiger partial charge >= 0.3 is 0 Å². The molecule has 0 aliphatic rings. The number of hydrogen-bond acceptors (Lipinski definition) is 3. The normalized spacial score (nSPS) is 10.9. The lowest BCUT2D eigenvalue weighted by atomic mass is 10.0. The Balaban J connectivity index is 2.34. The quantitative estimate of drug-likeness (QED) is 0.362. The van der Waals surface area contributed by atoms with Gasteiger partial charge in [0.15, 0.2) is 0 Å². The Bertz CT molecular complexity index is 698. The van der Waals surface area contributed by atoms with Crippen LogP contribution in [-0.4, -0.2) is 4.92 Å². The molecule has 0 N–H and O–H groups in total. The fourth-order valence-corrected chi connectivity index (χ4v) is 1.93. The molecule has 0 aliphatic heterocycles. The van der Waals surface area contributed by atoms with Crippen LogP contribution in [0.1, 0.15) is 11.1 Å². The first-order valence-corrected chi connectivity index (χ1v) is 6.51. The van der Waals surface area contributed by atoms with Crippen molar-refractivity contribution in [3.63, 3.8) is 0 Å². The van der Waals surface area contributed by atoms with E-state index in [1.807, 2.05) is 24.3 Å². The van der Waals surface area contributed by atoms with E-state index in [1.54, 1.807) is 18.2 Å². The second-order valence-electron chi connectivity index (χ2n) is 4.03. The first-order chi connectivity index (χ1) is 9.60. The van der Waals surface area contributed by atoms with Gasteiger partial charge in [0.25, 0.3) is 5.69 Å². The molecule has 0 aromatic heterocycles. The van der Waals surface area contributed by atoms with Crippen LogP contribution in [0.15, 0.2) is 53.0 Å². The molecule has 0 bridgehead atoms. The number of non-ortho nitro benzene ring substituents is 1. The van der Waals surface area contributed by atoms with Crippen molar-refractivity contribution in [2.24, 2.45) is 0 Å². The summed E-state index contributed by atoms with van der Waals surface area (Å²) in [5.74, 6) is 0. The predicted octanol–water partition coefficient (Wildman–Crippen LogP) is 4.42. The number of nitro groups is 1. The molecular formula is C15H9BrN2O2. The van der Waals surface area contributed by atoms with Gasteiger partial charge in [0, 0.05) is 16.6 Å². The van der Waals surface area contributed by atoms with Crippen molar-refractivity contribution in [3.05, 3.63) is 74.2 Å². The Kier molecular flexibility index (Phi) is 4.28. The standard InChI is InChI=1S/C15H9BrN2O2/c16-14-5-3-12(4-6-14)13(10-17)9-11-1-7-15(8-2-11)18(19)20/h1-9H. The van der Waals surface area contributed by atoms with Crippen molar-refractivity contribution in [3.8, 4) is 6.07 Å². The van der Waals surface area contributed by atoms with Gasteiger partial charge in [-0.1, -0.05) is 28.1 Å². The van der Waals surface area contributed by atoms with Gasteiger partial charge in [0.05, 0.1) is 16.6 Å². The van der Waals surface area contributed by atoms with E-state index in [2.05, 4.69) is 22.0 Å². The van der Waals surface area contributed by atoms with E-state index in [4.69, 9.17) is 0 Å². The minimum absolute atomic E-state index is 0.0318. The highest BCUT2D eigenvalue weighted by Gasteiger charge is 2.05. The summed E-state index contributed by atoms with van der Waals surface area (Å²) in [7, 11) is 0. The summed E-state index contributed by atoms with van der Waals surface area (Å²) in [6, 6.07) is 15.6. The molecule has 2 aromatic rings. The van der Waals surface area contributed by atoms with Crippen LogP contribution >= 0.6 is 15.9 Å². The van der Waals surface area contributed by atoms with Crippen molar-refractivity contribution < 1.29 is 4.92 Å². The van der Waals surface area contributed by atoms with Crippen LogP contribution in [0.25, 0.3) is 11.6 Å². The van der Waals surface area contributed by atoms with Gasteiger partial charge < -0.3 is 0 Å². The summed E-state index contributed by atoms with van der Waals surface area (Å²) in [6.07, 6.45) is 1.70. The molecule has 2 aromatic carbocycles. The van der Waals surface area contributed by atoms with E-state index in [0.717, 1.165) is 15.6 Å². The lowest BCUT2D eigenvalue weighted by molar-refractivity contribution is -0.384. The van der Waals surface area contributed by atoms with Gasteiger partial charge in [-0.15, -0.1) is 0 Å². The zero-order valence-corrected chi connectivity index (χ0v) is 11.9. The molecule has 98 valence electrons. The number of rotatable bonds is 3. The Hall–Kier alpha value is -2.45. The Morgan fingerprint density at radius 1 is 1.15 bits per heavy atom. The molecule has 4 nitrogen and oxygen atoms in total. The summed E-state index contributed by atoms with van der Waals surface area (Å²) < 4.78 is 0.939.